The number of hydrogen-bond donors (Lipinski definition) is 2. The van der Waals surface area contributed by atoms with Crippen molar-refractivity contribution < 1.29 is 4.74 Å². The number of nitrogens with two attached hydrogens (primary N) is 1. The van der Waals surface area contributed by atoms with Crippen molar-refractivity contribution in [1.29, 1.82) is 0 Å². The topological polar surface area (TPSA) is 73.1 Å². The molecule has 0 aliphatic heterocycles. The van der Waals surface area contributed by atoms with Crippen LogP contribution in [-0.4, -0.2) is 23.6 Å². The van der Waals surface area contributed by atoms with Crippen molar-refractivity contribution in [1.82, 2.24) is 9.97 Å². The molecule has 1 saturated carbocycles. The van der Waals surface area contributed by atoms with Crippen LogP contribution in [0.5, 0.6) is 0 Å². The van der Waals surface area contributed by atoms with Gasteiger partial charge in [0.05, 0.1) is 0 Å². The van der Waals surface area contributed by atoms with Crippen molar-refractivity contribution in [3.05, 3.63) is 11.9 Å². The fraction of sp³-hybridized carbons (Fsp3) is 0.692. The predicted octanol–water partition coefficient (Wildman–Crippen LogP) is 2.20. The SMILES string of the molecule is COCc1nc(N)cc(NCCC2CCCC2)n1. The molecule has 1 aromatic rings. The summed E-state index contributed by atoms with van der Waals surface area (Å²) in [6.45, 7) is 1.34. The monoisotopic (exact) mass is 250 g/mol. The van der Waals surface area contributed by atoms with Crippen LogP contribution in [0.3, 0.4) is 0 Å². The van der Waals surface area contributed by atoms with Gasteiger partial charge in [-0.3, -0.25) is 0 Å². The fourth-order valence-electron chi connectivity index (χ4n) is 2.51. The van der Waals surface area contributed by atoms with Crippen molar-refractivity contribution in [3.8, 4) is 0 Å². The van der Waals surface area contributed by atoms with Crippen LogP contribution in [0, 0.1) is 5.92 Å². The van der Waals surface area contributed by atoms with Gasteiger partial charge in [0.15, 0.2) is 5.82 Å². The van der Waals surface area contributed by atoms with Gasteiger partial charge in [-0.15, -0.1) is 0 Å². The first-order chi connectivity index (χ1) is 8.78. The van der Waals surface area contributed by atoms with E-state index < -0.39 is 0 Å². The van der Waals surface area contributed by atoms with Gasteiger partial charge in [-0.2, -0.15) is 0 Å². The third-order valence-electron chi connectivity index (χ3n) is 3.40. The van der Waals surface area contributed by atoms with Crippen LogP contribution in [0.2, 0.25) is 0 Å². The second-order valence-corrected chi connectivity index (χ2v) is 4.89. The molecule has 1 heterocycles. The quantitative estimate of drug-likeness (QED) is 0.809. The van der Waals surface area contributed by atoms with Gasteiger partial charge in [-0.05, 0) is 12.3 Å². The van der Waals surface area contributed by atoms with Crippen molar-refractivity contribution in [2.75, 3.05) is 24.7 Å². The van der Waals surface area contributed by atoms with Crippen molar-refractivity contribution >= 4 is 11.6 Å². The molecule has 0 saturated heterocycles. The van der Waals surface area contributed by atoms with Gasteiger partial charge in [0.25, 0.3) is 0 Å². The number of aromatic nitrogens is 2. The molecule has 0 aromatic carbocycles. The van der Waals surface area contributed by atoms with E-state index in [-0.39, 0.29) is 0 Å². The average molecular weight is 250 g/mol. The molecule has 0 atom stereocenters. The number of methoxy groups -OCH3 is 1. The van der Waals surface area contributed by atoms with Crippen LogP contribution in [-0.2, 0) is 11.3 Å². The number of anilines is 2. The molecular formula is C13H22N4O. The summed E-state index contributed by atoms with van der Waals surface area (Å²) >= 11 is 0. The number of rotatable bonds is 6. The first-order valence-electron chi connectivity index (χ1n) is 6.64. The fourth-order valence-corrected chi connectivity index (χ4v) is 2.51. The molecule has 18 heavy (non-hydrogen) atoms. The number of nitrogens with one attached hydrogen (secondary N) is 1. The molecule has 0 amide bonds. The highest BCUT2D eigenvalue weighted by Gasteiger charge is 2.14. The highest BCUT2D eigenvalue weighted by atomic mass is 16.5. The van der Waals surface area contributed by atoms with E-state index in [2.05, 4.69) is 15.3 Å². The predicted molar refractivity (Wildman–Crippen MR) is 72.2 cm³/mol. The Balaban J connectivity index is 1.83. The second-order valence-electron chi connectivity index (χ2n) is 4.89. The number of nitrogen functional groups attached to an aromatic ring is 1. The Morgan fingerprint density at radius 2 is 2.17 bits per heavy atom. The standard InChI is InChI=1S/C13H22N4O/c1-18-9-13-16-11(14)8-12(17-13)15-7-6-10-4-2-3-5-10/h8,10H,2-7,9H2,1H3,(H3,14,15,16,17). The first-order valence-corrected chi connectivity index (χ1v) is 6.64. The smallest absolute Gasteiger partial charge is 0.158 e. The van der Waals surface area contributed by atoms with Crippen molar-refractivity contribution in [2.24, 2.45) is 5.92 Å². The molecule has 0 spiro atoms. The average Bonchev–Trinajstić information content (AvgIpc) is 2.82. The molecule has 1 fully saturated rings. The molecular weight excluding hydrogens is 228 g/mol. The summed E-state index contributed by atoms with van der Waals surface area (Å²) in [7, 11) is 1.62. The summed E-state index contributed by atoms with van der Waals surface area (Å²) in [5, 5.41) is 3.32. The van der Waals surface area contributed by atoms with Gasteiger partial charge in [0.1, 0.15) is 18.2 Å². The zero-order chi connectivity index (χ0) is 12.8. The summed E-state index contributed by atoms with van der Waals surface area (Å²) in [4.78, 5) is 8.47. The highest BCUT2D eigenvalue weighted by Crippen LogP contribution is 2.27. The zero-order valence-electron chi connectivity index (χ0n) is 11.0. The minimum atomic E-state index is 0.391. The largest absolute Gasteiger partial charge is 0.384 e. The van der Waals surface area contributed by atoms with Gasteiger partial charge >= 0.3 is 0 Å². The molecule has 0 unspecified atom stereocenters. The van der Waals surface area contributed by atoms with Crippen molar-refractivity contribution in [3.63, 3.8) is 0 Å². The molecule has 1 aliphatic rings. The lowest BCUT2D eigenvalue weighted by atomic mass is 10.0. The third kappa shape index (κ3) is 3.84. The molecule has 5 nitrogen and oxygen atoms in total. The van der Waals surface area contributed by atoms with E-state index in [9.17, 15) is 0 Å². The van der Waals surface area contributed by atoms with E-state index in [1.54, 1.807) is 13.2 Å². The van der Waals surface area contributed by atoms with E-state index in [0.717, 1.165) is 18.3 Å². The number of ether oxygens (including phenoxy) is 1. The normalized spacial score (nSPS) is 16.1. The summed E-state index contributed by atoms with van der Waals surface area (Å²) < 4.78 is 5.02. The second kappa shape index (κ2) is 6.54. The minimum Gasteiger partial charge on any atom is -0.384 e. The third-order valence-corrected chi connectivity index (χ3v) is 3.40. The van der Waals surface area contributed by atoms with Crippen LogP contribution < -0.4 is 11.1 Å². The van der Waals surface area contributed by atoms with Crippen molar-refractivity contribution in [2.45, 2.75) is 38.7 Å². The molecule has 1 aliphatic carbocycles. The molecule has 0 radical (unpaired) electrons. The lowest BCUT2D eigenvalue weighted by Crippen LogP contribution is -2.10. The Morgan fingerprint density at radius 3 is 2.89 bits per heavy atom. The molecule has 100 valence electrons. The first kappa shape index (κ1) is 13.1. The molecule has 3 N–H and O–H groups in total. The number of hydrogen-bond acceptors (Lipinski definition) is 5. The van der Waals surface area contributed by atoms with Gasteiger partial charge in [0, 0.05) is 19.7 Å². The van der Waals surface area contributed by atoms with E-state index >= 15 is 0 Å². The Bertz CT molecular complexity index is 377. The van der Waals surface area contributed by atoms with Gasteiger partial charge in [-0.25, -0.2) is 9.97 Å². The molecule has 0 bridgehead atoms. The Hall–Kier alpha value is -1.36. The summed E-state index contributed by atoms with van der Waals surface area (Å²) in [6, 6.07) is 1.77. The lowest BCUT2D eigenvalue weighted by molar-refractivity contribution is 0.178. The number of nitrogens with zero attached hydrogens (tertiary/aromatic N) is 2. The highest BCUT2D eigenvalue weighted by molar-refractivity contribution is 5.44. The van der Waals surface area contributed by atoms with Gasteiger partial charge in [-0.1, -0.05) is 25.7 Å². The molecule has 5 heteroatoms. The zero-order valence-corrected chi connectivity index (χ0v) is 11.0. The maximum atomic E-state index is 5.74. The van der Waals surface area contributed by atoms with E-state index in [4.69, 9.17) is 10.5 Å². The minimum absolute atomic E-state index is 0.391. The Morgan fingerprint density at radius 1 is 1.39 bits per heavy atom. The van der Waals surface area contributed by atoms with Gasteiger partial charge < -0.3 is 15.8 Å². The maximum Gasteiger partial charge on any atom is 0.158 e. The van der Waals surface area contributed by atoms with Crippen LogP contribution in [0.15, 0.2) is 6.07 Å². The van der Waals surface area contributed by atoms with Crippen LogP contribution in [0.25, 0.3) is 0 Å². The lowest BCUT2D eigenvalue weighted by Gasteiger charge is -2.11. The summed E-state index contributed by atoms with van der Waals surface area (Å²) in [6.07, 6.45) is 6.75. The van der Waals surface area contributed by atoms with E-state index in [1.165, 1.54) is 32.1 Å². The summed E-state index contributed by atoms with van der Waals surface area (Å²) in [5.74, 6) is 2.80. The Kier molecular flexibility index (Phi) is 4.75. The molecule has 1 aromatic heterocycles. The Labute approximate surface area is 108 Å². The van der Waals surface area contributed by atoms with Gasteiger partial charge in [0.2, 0.25) is 0 Å². The van der Waals surface area contributed by atoms with Crippen LogP contribution >= 0.6 is 0 Å². The van der Waals surface area contributed by atoms with E-state index in [0.29, 0.717) is 18.2 Å². The molecule has 2 rings (SSSR count). The maximum absolute atomic E-state index is 5.74. The summed E-state index contributed by atoms with van der Waals surface area (Å²) in [5.41, 5.74) is 5.74. The van der Waals surface area contributed by atoms with E-state index in [1.807, 2.05) is 0 Å². The van der Waals surface area contributed by atoms with Crippen LogP contribution in [0.1, 0.15) is 37.9 Å². The van der Waals surface area contributed by atoms with Crippen LogP contribution in [0.4, 0.5) is 11.6 Å².